The molecular formula is C23H21F2N3O4S2. The second-order valence-electron chi connectivity index (χ2n) is 7.92. The van der Waals surface area contributed by atoms with Crippen molar-refractivity contribution in [2.24, 2.45) is 4.40 Å². The lowest BCUT2D eigenvalue weighted by atomic mass is 9.91. The van der Waals surface area contributed by atoms with Crippen LogP contribution in [0.5, 0.6) is 0 Å². The Morgan fingerprint density at radius 2 is 1.76 bits per heavy atom. The molecule has 0 fully saturated rings. The maximum absolute atomic E-state index is 15.0. The number of nitrogens with zero attached hydrogens (tertiary/aromatic N) is 1. The zero-order chi connectivity index (χ0) is 24.7. The first-order valence-corrected chi connectivity index (χ1v) is 13.5. The lowest BCUT2D eigenvalue weighted by Crippen LogP contribution is -2.35. The molecule has 1 atom stereocenters. The van der Waals surface area contributed by atoms with Gasteiger partial charge in [-0.2, -0.15) is 8.42 Å². The first-order valence-electron chi connectivity index (χ1n) is 10.2. The summed E-state index contributed by atoms with van der Waals surface area (Å²) in [6.45, 7) is 1.77. The van der Waals surface area contributed by atoms with Crippen LogP contribution < -0.4 is 10.6 Å². The molecule has 0 radical (unpaired) electrons. The molecule has 3 aromatic carbocycles. The van der Waals surface area contributed by atoms with Crippen molar-refractivity contribution in [3.05, 3.63) is 89.0 Å². The third kappa shape index (κ3) is 4.80. The first-order chi connectivity index (χ1) is 16.0. The quantitative estimate of drug-likeness (QED) is 0.547. The Kier molecular flexibility index (Phi) is 6.17. The number of hydrogen-bond donors (Lipinski definition) is 2. The molecule has 7 nitrogen and oxygen atoms in total. The maximum atomic E-state index is 15.0. The second kappa shape index (κ2) is 8.80. The molecule has 4 rings (SSSR count). The molecule has 1 aliphatic heterocycles. The minimum absolute atomic E-state index is 0.0384. The summed E-state index contributed by atoms with van der Waals surface area (Å²) in [5.74, 6) is -1.81. The van der Waals surface area contributed by atoms with Gasteiger partial charge in [-0.15, -0.1) is 4.40 Å². The molecular weight excluding hydrogens is 484 g/mol. The number of hydrogen-bond acceptors (Lipinski definition) is 6. The van der Waals surface area contributed by atoms with Crippen LogP contribution in [-0.2, 0) is 26.4 Å². The van der Waals surface area contributed by atoms with Gasteiger partial charge in [0.15, 0.2) is 9.84 Å². The molecule has 0 unspecified atom stereocenters. The molecule has 0 saturated heterocycles. The Balaban J connectivity index is 1.69. The Labute approximate surface area is 196 Å². The van der Waals surface area contributed by atoms with Gasteiger partial charge in [-0.25, -0.2) is 17.2 Å². The van der Waals surface area contributed by atoms with Gasteiger partial charge in [-0.1, -0.05) is 31.2 Å². The van der Waals surface area contributed by atoms with E-state index in [0.717, 1.165) is 18.4 Å². The summed E-state index contributed by atoms with van der Waals surface area (Å²) in [5.41, 5.74) is 1.28. The lowest BCUT2D eigenvalue weighted by Gasteiger charge is -2.25. The van der Waals surface area contributed by atoms with Gasteiger partial charge in [0.05, 0.1) is 10.6 Å². The van der Waals surface area contributed by atoms with E-state index in [9.17, 15) is 21.2 Å². The van der Waals surface area contributed by atoms with Crippen molar-refractivity contribution in [3.63, 3.8) is 0 Å². The molecule has 0 amide bonds. The molecule has 34 heavy (non-hydrogen) atoms. The summed E-state index contributed by atoms with van der Waals surface area (Å²) in [5, 5.41) is 5.68. The molecule has 0 spiro atoms. The Morgan fingerprint density at radius 3 is 2.41 bits per heavy atom. The second-order valence-corrected chi connectivity index (χ2v) is 11.5. The lowest BCUT2D eigenvalue weighted by molar-refractivity contribution is 0.590. The van der Waals surface area contributed by atoms with E-state index < -0.39 is 37.4 Å². The van der Waals surface area contributed by atoms with Gasteiger partial charge < -0.3 is 10.6 Å². The molecule has 11 heteroatoms. The van der Waals surface area contributed by atoms with Crippen LogP contribution in [0, 0.1) is 11.6 Å². The SMILES string of the molecule is C[C@@H](c1ccc(S(C)(=O)=O)cc1)c1c(F)ccc2c1NC(NCc1cccc(F)c1)=NS2(=O)=O. The smallest absolute Gasteiger partial charge is 0.287 e. The van der Waals surface area contributed by atoms with Gasteiger partial charge >= 0.3 is 0 Å². The molecule has 1 aliphatic rings. The van der Waals surface area contributed by atoms with Gasteiger partial charge in [0.1, 0.15) is 16.5 Å². The normalized spacial score (nSPS) is 15.6. The summed E-state index contributed by atoms with van der Waals surface area (Å²) in [7, 11) is -7.54. The average Bonchev–Trinajstić information content (AvgIpc) is 2.76. The molecule has 2 N–H and O–H groups in total. The predicted octanol–water partition coefficient (Wildman–Crippen LogP) is 3.78. The number of sulfone groups is 1. The van der Waals surface area contributed by atoms with E-state index in [4.69, 9.17) is 0 Å². The van der Waals surface area contributed by atoms with E-state index in [2.05, 4.69) is 15.0 Å². The number of halogens is 2. The summed E-state index contributed by atoms with van der Waals surface area (Å²) >= 11 is 0. The molecule has 178 valence electrons. The van der Waals surface area contributed by atoms with E-state index in [1.165, 1.54) is 30.3 Å². The number of anilines is 1. The minimum Gasteiger partial charge on any atom is -0.351 e. The molecule has 0 bridgehead atoms. The van der Waals surface area contributed by atoms with Crippen molar-refractivity contribution in [3.8, 4) is 0 Å². The van der Waals surface area contributed by atoms with Crippen molar-refractivity contribution in [2.75, 3.05) is 11.6 Å². The minimum atomic E-state index is -4.14. The average molecular weight is 506 g/mol. The summed E-state index contributed by atoms with van der Waals surface area (Å²) in [4.78, 5) is -0.0597. The monoisotopic (exact) mass is 505 g/mol. The summed E-state index contributed by atoms with van der Waals surface area (Å²) in [6.07, 6.45) is 1.09. The van der Waals surface area contributed by atoms with Gasteiger partial charge in [0.2, 0.25) is 5.96 Å². The Hall–Kier alpha value is -3.31. The van der Waals surface area contributed by atoms with E-state index in [1.54, 1.807) is 25.1 Å². The summed E-state index contributed by atoms with van der Waals surface area (Å²) < 4.78 is 81.3. The maximum Gasteiger partial charge on any atom is 0.287 e. The fourth-order valence-electron chi connectivity index (χ4n) is 3.73. The van der Waals surface area contributed by atoms with E-state index in [1.807, 2.05) is 0 Å². The number of guanidine groups is 1. The summed E-state index contributed by atoms with van der Waals surface area (Å²) in [6, 6.07) is 14.0. The van der Waals surface area contributed by atoms with Crippen molar-refractivity contribution >= 4 is 31.5 Å². The standard InChI is InChI=1S/C23H21F2N3O4S2/c1-14(16-6-8-18(9-7-16)33(2,29)30)21-19(25)10-11-20-22(21)27-23(28-34(20,31)32)26-13-15-4-3-5-17(24)12-15/h3-12,14H,13H2,1-2H3,(H2,26,27,28)/t14-/m0/s1. The van der Waals surface area contributed by atoms with Gasteiger partial charge in [-0.05, 0) is 47.5 Å². The molecule has 0 aliphatic carbocycles. The molecule has 0 aromatic heterocycles. The van der Waals surface area contributed by atoms with Crippen molar-refractivity contribution in [1.29, 1.82) is 0 Å². The first kappa shape index (κ1) is 23.8. The zero-order valence-electron chi connectivity index (χ0n) is 18.2. The topological polar surface area (TPSA) is 105 Å². The van der Waals surface area contributed by atoms with Crippen LogP contribution in [0.1, 0.15) is 29.5 Å². The van der Waals surface area contributed by atoms with Crippen molar-refractivity contribution in [2.45, 2.75) is 29.2 Å². The van der Waals surface area contributed by atoms with Gasteiger partial charge in [0, 0.05) is 24.3 Å². The van der Waals surface area contributed by atoms with Crippen LogP contribution >= 0.6 is 0 Å². The zero-order valence-corrected chi connectivity index (χ0v) is 19.8. The van der Waals surface area contributed by atoms with Crippen LogP contribution in [0.25, 0.3) is 0 Å². The third-order valence-electron chi connectivity index (χ3n) is 5.48. The highest BCUT2D eigenvalue weighted by molar-refractivity contribution is 7.91. The molecule has 3 aromatic rings. The van der Waals surface area contributed by atoms with Crippen LogP contribution in [-0.4, -0.2) is 29.1 Å². The van der Waals surface area contributed by atoms with Crippen LogP contribution in [0.3, 0.4) is 0 Å². The highest BCUT2D eigenvalue weighted by Gasteiger charge is 2.31. The van der Waals surface area contributed by atoms with E-state index in [-0.39, 0.29) is 33.5 Å². The fourth-order valence-corrected chi connectivity index (χ4v) is 5.47. The number of fused-ring (bicyclic) bond motifs is 1. The molecule has 0 saturated carbocycles. The van der Waals surface area contributed by atoms with Crippen molar-refractivity contribution < 1.29 is 25.6 Å². The van der Waals surface area contributed by atoms with Crippen LogP contribution in [0.4, 0.5) is 14.5 Å². The number of nitrogens with one attached hydrogen (secondary N) is 2. The highest BCUT2D eigenvalue weighted by atomic mass is 32.2. The Bertz CT molecular complexity index is 1500. The van der Waals surface area contributed by atoms with Gasteiger partial charge in [0.25, 0.3) is 10.0 Å². The Morgan fingerprint density at radius 1 is 1.06 bits per heavy atom. The number of rotatable bonds is 5. The largest absolute Gasteiger partial charge is 0.351 e. The van der Waals surface area contributed by atoms with E-state index in [0.29, 0.717) is 11.1 Å². The van der Waals surface area contributed by atoms with Gasteiger partial charge in [-0.3, -0.25) is 0 Å². The fraction of sp³-hybridized carbons (Fsp3) is 0.174. The third-order valence-corrected chi connectivity index (χ3v) is 7.92. The highest BCUT2D eigenvalue weighted by Crippen LogP contribution is 2.39. The number of sulfonamides is 1. The van der Waals surface area contributed by atoms with E-state index >= 15 is 4.39 Å². The predicted molar refractivity (Wildman–Crippen MR) is 125 cm³/mol. The van der Waals surface area contributed by atoms with Crippen molar-refractivity contribution in [1.82, 2.24) is 5.32 Å². The van der Waals surface area contributed by atoms with Crippen LogP contribution in [0.15, 0.2) is 74.9 Å². The molecule has 1 heterocycles. The van der Waals surface area contributed by atoms with Crippen LogP contribution in [0.2, 0.25) is 0 Å². The number of benzene rings is 3.